The Balaban J connectivity index is 2.15. The lowest BCUT2D eigenvalue weighted by Crippen LogP contribution is -2.03. The molecule has 0 aliphatic rings. The molecule has 3 rings (SSSR count). The molecule has 0 unspecified atom stereocenters. The Hall–Kier alpha value is -3.05. The minimum Gasteiger partial charge on any atom is -0.436 e. The van der Waals surface area contributed by atoms with Crippen LogP contribution in [0.5, 0.6) is 11.6 Å². The molecule has 1 aromatic carbocycles. The number of halogens is 3. The molecule has 9 heteroatoms. The van der Waals surface area contributed by atoms with Gasteiger partial charge in [-0.1, -0.05) is 0 Å². The second-order valence-corrected chi connectivity index (χ2v) is 6.16. The molecule has 138 valence electrons. The van der Waals surface area contributed by atoms with Crippen molar-refractivity contribution in [3.8, 4) is 17.7 Å². The number of nitriles is 1. The van der Waals surface area contributed by atoms with E-state index in [1.165, 1.54) is 13.0 Å². The zero-order chi connectivity index (χ0) is 19.7. The summed E-state index contributed by atoms with van der Waals surface area (Å²) in [7, 11) is 0. The average Bonchev–Trinajstić information content (AvgIpc) is 2.91. The van der Waals surface area contributed by atoms with Crippen LogP contribution >= 0.6 is 11.6 Å². The number of aryl methyl sites for hydroxylation is 3. The fourth-order valence-corrected chi connectivity index (χ4v) is 2.99. The summed E-state index contributed by atoms with van der Waals surface area (Å²) in [6, 6.07) is 5.55. The van der Waals surface area contributed by atoms with Crippen molar-refractivity contribution in [1.29, 1.82) is 5.26 Å². The Bertz CT molecular complexity index is 1080. The number of fused-ring (bicyclic) bond motifs is 1. The highest BCUT2D eigenvalue weighted by Crippen LogP contribution is 2.35. The molecule has 0 bridgehead atoms. The van der Waals surface area contributed by atoms with Gasteiger partial charge in [0, 0.05) is 6.08 Å². The first-order valence-corrected chi connectivity index (χ1v) is 8.25. The maximum absolute atomic E-state index is 13.5. The molecule has 6 nitrogen and oxygen atoms in total. The number of aromatic nitrogens is 4. The molecule has 0 atom stereocenters. The van der Waals surface area contributed by atoms with Gasteiger partial charge >= 0.3 is 6.55 Å². The molecule has 0 radical (unpaired) electrons. The summed E-state index contributed by atoms with van der Waals surface area (Å²) in [6.07, 6.45) is 3.03. The van der Waals surface area contributed by atoms with Crippen LogP contribution in [0.15, 0.2) is 18.2 Å². The van der Waals surface area contributed by atoms with E-state index in [0.29, 0.717) is 10.3 Å². The summed E-state index contributed by atoms with van der Waals surface area (Å²) in [6.45, 7) is 2.23. The summed E-state index contributed by atoms with van der Waals surface area (Å²) >= 11 is 5.91. The number of benzene rings is 1. The summed E-state index contributed by atoms with van der Waals surface area (Å²) in [5, 5.41) is 8.50. The van der Waals surface area contributed by atoms with Gasteiger partial charge in [-0.05, 0) is 67.3 Å². The molecule has 0 aliphatic heterocycles. The highest BCUT2D eigenvalue weighted by atomic mass is 35.5. The van der Waals surface area contributed by atoms with Crippen LogP contribution in [0.4, 0.5) is 8.78 Å². The number of hydrogen-bond acceptors (Lipinski definition) is 5. The Kier molecular flexibility index (Phi) is 5.06. The van der Waals surface area contributed by atoms with E-state index in [0.717, 1.165) is 16.7 Å². The van der Waals surface area contributed by atoms with E-state index in [1.54, 1.807) is 6.08 Å². The van der Waals surface area contributed by atoms with Crippen LogP contribution in [0.2, 0.25) is 5.28 Å². The number of nitrogens with zero attached hydrogens (tertiary/aromatic N) is 5. The first kappa shape index (κ1) is 18.7. The second-order valence-electron chi connectivity index (χ2n) is 5.83. The van der Waals surface area contributed by atoms with E-state index >= 15 is 0 Å². The van der Waals surface area contributed by atoms with Crippen LogP contribution < -0.4 is 4.74 Å². The number of hydrogen-bond donors (Lipinski definition) is 0. The molecular weight excluding hydrogens is 376 g/mol. The van der Waals surface area contributed by atoms with E-state index < -0.39 is 6.55 Å². The first-order valence-electron chi connectivity index (χ1n) is 7.87. The third kappa shape index (κ3) is 3.59. The summed E-state index contributed by atoms with van der Waals surface area (Å²) in [5.41, 5.74) is 2.31. The van der Waals surface area contributed by atoms with Gasteiger partial charge in [0.1, 0.15) is 11.6 Å². The van der Waals surface area contributed by atoms with Crippen LogP contribution in [0.25, 0.3) is 17.2 Å². The van der Waals surface area contributed by atoms with Gasteiger partial charge in [-0.15, -0.1) is 0 Å². The lowest BCUT2D eigenvalue weighted by atomic mass is 10.1. The lowest BCUT2D eigenvalue weighted by molar-refractivity contribution is 0.0720. The third-order valence-corrected chi connectivity index (χ3v) is 4.06. The maximum Gasteiger partial charge on any atom is 0.320 e. The summed E-state index contributed by atoms with van der Waals surface area (Å²) in [5.74, 6) is 0.434. The fraction of sp³-hybridized carbons (Fsp3) is 0.222. The number of allylic oxidation sites excluding steroid dienone is 1. The Morgan fingerprint density at radius 1 is 1.19 bits per heavy atom. The zero-order valence-electron chi connectivity index (χ0n) is 14.7. The van der Waals surface area contributed by atoms with Gasteiger partial charge in [-0.25, -0.2) is 4.98 Å². The molecule has 0 aliphatic carbocycles. The normalized spacial score (nSPS) is 11.5. The highest BCUT2D eigenvalue weighted by Gasteiger charge is 2.23. The minimum atomic E-state index is -2.83. The minimum absolute atomic E-state index is 0.0286. The Morgan fingerprint density at radius 2 is 1.85 bits per heavy atom. The Morgan fingerprint density at radius 3 is 2.44 bits per heavy atom. The van der Waals surface area contributed by atoms with Gasteiger partial charge in [-0.3, -0.25) is 4.57 Å². The van der Waals surface area contributed by atoms with Crippen LogP contribution in [0.3, 0.4) is 0 Å². The molecule has 0 saturated carbocycles. The Labute approximate surface area is 158 Å². The van der Waals surface area contributed by atoms with Gasteiger partial charge in [-0.2, -0.15) is 24.0 Å². The second kappa shape index (κ2) is 7.29. The molecule has 27 heavy (non-hydrogen) atoms. The van der Waals surface area contributed by atoms with Gasteiger partial charge in [0.05, 0.1) is 6.07 Å². The fourth-order valence-electron chi connectivity index (χ4n) is 2.84. The lowest BCUT2D eigenvalue weighted by Gasteiger charge is -2.14. The first-order chi connectivity index (χ1) is 12.8. The van der Waals surface area contributed by atoms with Crippen molar-refractivity contribution >= 4 is 28.8 Å². The number of rotatable bonds is 4. The highest BCUT2D eigenvalue weighted by molar-refractivity contribution is 6.28. The van der Waals surface area contributed by atoms with Gasteiger partial charge in [0.2, 0.25) is 5.28 Å². The van der Waals surface area contributed by atoms with Crippen LogP contribution in [0, 0.1) is 32.1 Å². The van der Waals surface area contributed by atoms with Crippen molar-refractivity contribution < 1.29 is 13.5 Å². The van der Waals surface area contributed by atoms with Crippen molar-refractivity contribution in [2.45, 2.75) is 27.3 Å². The molecule has 0 amide bonds. The molecule has 0 spiro atoms. The van der Waals surface area contributed by atoms with Crippen molar-refractivity contribution in [2.75, 3.05) is 0 Å². The summed E-state index contributed by atoms with van der Waals surface area (Å²) in [4.78, 5) is 11.9. The van der Waals surface area contributed by atoms with E-state index in [9.17, 15) is 8.78 Å². The monoisotopic (exact) mass is 389 g/mol. The zero-order valence-corrected chi connectivity index (χ0v) is 15.4. The van der Waals surface area contributed by atoms with E-state index in [1.807, 2.05) is 32.0 Å². The standard InChI is InChI=1S/C18H14ClF2N5O/c1-9-7-12(5-4-6-22)8-10(2)14(9)27-16-13-15(24-17(19)25-16)23-11(3)26(13)18(20)21/h4-5,7-8,18H,1-3H3/b5-4+. The van der Waals surface area contributed by atoms with Crippen LogP contribution in [-0.4, -0.2) is 19.5 Å². The van der Waals surface area contributed by atoms with Crippen molar-refractivity contribution in [3.63, 3.8) is 0 Å². The topological polar surface area (TPSA) is 76.6 Å². The number of ether oxygens (including phenoxy) is 1. The van der Waals surface area contributed by atoms with E-state index in [2.05, 4.69) is 15.0 Å². The largest absolute Gasteiger partial charge is 0.436 e. The molecular formula is C18H14ClF2N5O. The smallest absolute Gasteiger partial charge is 0.320 e. The molecule has 3 aromatic rings. The molecule has 2 aromatic heterocycles. The maximum atomic E-state index is 13.5. The quantitative estimate of drug-likeness (QED) is 0.456. The van der Waals surface area contributed by atoms with Crippen molar-refractivity contribution in [2.24, 2.45) is 0 Å². The van der Waals surface area contributed by atoms with Crippen LogP contribution in [0.1, 0.15) is 29.1 Å². The number of imidazole rings is 1. The van der Waals surface area contributed by atoms with Gasteiger partial charge in [0.25, 0.3) is 5.88 Å². The van der Waals surface area contributed by atoms with E-state index in [4.69, 9.17) is 21.6 Å². The van der Waals surface area contributed by atoms with E-state index in [-0.39, 0.29) is 28.2 Å². The SMILES string of the molecule is Cc1cc(/C=C/C#N)cc(C)c1Oc1nc(Cl)nc2nc(C)n(C(F)F)c12. The molecule has 2 heterocycles. The van der Waals surface area contributed by atoms with Gasteiger partial charge < -0.3 is 4.74 Å². The molecule has 0 saturated heterocycles. The van der Waals surface area contributed by atoms with Gasteiger partial charge in [0.15, 0.2) is 11.2 Å². The van der Waals surface area contributed by atoms with Crippen molar-refractivity contribution in [1.82, 2.24) is 19.5 Å². The molecule has 0 fully saturated rings. The number of alkyl halides is 2. The van der Waals surface area contributed by atoms with Crippen molar-refractivity contribution in [3.05, 3.63) is 46.0 Å². The molecule has 0 N–H and O–H groups in total. The van der Waals surface area contributed by atoms with Crippen LogP contribution in [-0.2, 0) is 0 Å². The summed E-state index contributed by atoms with van der Waals surface area (Å²) < 4.78 is 33.6. The third-order valence-electron chi connectivity index (χ3n) is 3.89. The average molecular weight is 390 g/mol. The predicted octanol–water partition coefficient (Wildman–Crippen LogP) is 5.13. The predicted molar refractivity (Wildman–Crippen MR) is 97.0 cm³/mol.